The zero-order chi connectivity index (χ0) is 60.7. The first-order chi connectivity index (χ1) is 40.4. The number of hydrogen-bond donors (Lipinski definition) is 2. The molecule has 0 aliphatic carbocycles. The molecule has 0 aromatic carbocycles. The Labute approximate surface area is 517 Å². The lowest BCUT2D eigenvalue weighted by Gasteiger charge is -2.27. The third kappa shape index (κ3) is 64.8. The Morgan fingerprint density at radius 3 is 1.02 bits per heavy atom. The monoisotopic (exact) mass is 1190 g/mol. The summed E-state index contributed by atoms with van der Waals surface area (Å²) in [5, 5.41) is 3.08. The molecule has 10 heteroatoms. The van der Waals surface area contributed by atoms with Gasteiger partial charge in [-0.2, -0.15) is 0 Å². The van der Waals surface area contributed by atoms with E-state index in [-0.39, 0.29) is 25.1 Å². The molecule has 0 aliphatic rings. The van der Waals surface area contributed by atoms with Gasteiger partial charge in [-0.15, -0.1) is 0 Å². The fourth-order valence-electron chi connectivity index (χ4n) is 11.2. The second-order valence-corrected chi connectivity index (χ2v) is 27.9. The van der Waals surface area contributed by atoms with Crippen LogP contribution in [0.5, 0.6) is 0 Å². The highest BCUT2D eigenvalue weighted by molar-refractivity contribution is 7.47. The molecule has 1 amide bonds. The van der Waals surface area contributed by atoms with E-state index in [1.165, 1.54) is 289 Å². The van der Waals surface area contributed by atoms with Crippen molar-refractivity contribution in [3.63, 3.8) is 0 Å². The van der Waals surface area contributed by atoms with Crippen molar-refractivity contribution < 1.29 is 37.3 Å². The number of allylic oxidation sites excluding steroid dienone is 3. The van der Waals surface area contributed by atoms with Gasteiger partial charge in [0.25, 0.3) is 0 Å². The molecule has 0 bridgehead atoms. The minimum Gasteiger partial charge on any atom is -0.456 e. The van der Waals surface area contributed by atoms with Gasteiger partial charge in [0.05, 0.1) is 33.8 Å². The fraction of sp³-hybridized carbons (Fsp3) is 0.918. The van der Waals surface area contributed by atoms with E-state index in [2.05, 4.69) is 44.3 Å². The smallest absolute Gasteiger partial charge is 0.456 e. The zero-order valence-corrected chi connectivity index (χ0v) is 57.4. The van der Waals surface area contributed by atoms with Crippen molar-refractivity contribution in [2.75, 3.05) is 40.9 Å². The highest BCUT2D eigenvalue weighted by atomic mass is 31.2. The Morgan fingerprint density at radius 2 is 0.699 bits per heavy atom. The quantitative estimate of drug-likeness (QED) is 0.0205. The van der Waals surface area contributed by atoms with E-state index in [1.807, 2.05) is 27.2 Å². The SMILES string of the molecule is CCCCCCCC/C=C/CCCCCCCCCCCCCCCC(=O)NC(COP(=O)(O)OCC[N+](C)(C)C)C(/C=C/CCCCCCCCCCCCC)OC(=O)CCCCCCCCCCCCCCCCCCCCCCC. The molecule has 0 aromatic heterocycles. The second kappa shape index (κ2) is 63.5. The maximum Gasteiger partial charge on any atom is 0.472 e. The normalized spacial score (nSPS) is 13.6. The number of hydrogen-bond acceptors (Lipinski definition) is 6. The number of ether oxygens (including phenoxy) is 1. The predicted molar refractivity (Wildman–Crippen MR) is 360 cm³/mol. The maximum atomic E-state index is 13.6. The lowest BCUT2D eigenvalue weighted by Crippen LogP contribution is -2.47. The van der Waals surface area contributed by atoms with Crippen LogP contribution in [0.25, 0.3) is 0 Å². The van der Waals surface area contributed by atoms with Gasteiger partial charge in [0, 0.05) is 12.8 Å². The average molecular weight is 1190 g/mol. The number of amides is 1. The summed E-state index contributed by atoms with van der Waals surface area (Å²) < 4.78 is 30.9. The summed E-state index contributed by atoms with van der Waals surface area (Å²) in [5.41, 5.74) is 0. The summed E-state index contributed by atoms with van der Waals surface area (Å²) >= 11 is 0. The molecule has 2 N–H and O–H groups in total. The van der Waals surface area contributed by atoms with Crippen LogP contribution >= 0.6 is 7.82 Å². The number of phosphoric acid groups is 1. The Bertz CT molecular complexity index is 1470. The molecule has 9 nitrogen and oxygen atoms in total. The molecule has 0 saturated heterocycles. The van der Waals surface area contributed by atoms with Gasteiger partial charge in [0.15, 0.2) is 0 Å². The number of nitrogens with one attached hydrogen (secondary N) is 1. The molecular weight excluding hydrogens is 1050 g/mol. The van der Waals surface area contributed by atoms with Gasteiger partial charge in [-0.1, -0.05) is 334 Å². The van der Waals surface area contributed by atoms with E-state index in [1.54, 1.807) is 0 Å². The van der Waals surface area contributed by atoms with Crippen molar-refractivity contribution in [1.29, 1.82) is 0 Å². The Balaban J connectivity index is 5.05. The van der Waals surface area contributed by atoms with Crippen molar-refractivity contribution in [1.82, 2.24) is 5.32 Å². The Morgan fingerprint density at radius 1 is 0.410 bits per heavy atom. The standard InChI is InChI=1S/C73H143N2O7P/c1-7-10-13-16-19-22-25-28-30-32-34-36-37-39-40-42-44-47-50-53-56-59-62-65-72(76)74-70(69-81-83(78,79)80-68-67-75(4,5)6)71(64-61-58-55-52-49-46-27-24-21-18-15-12-9-3)82-73(77)66-63-60-57-54-51-48-45-43-41-38-35-33-31-29-26-23-20-17-14-11-8-2/h28,30,61,64,70-71H,7-27,29,31-60,62-63,65-69H2,1-6H3,(H-,74,76,78,79)/p+1/b30-28+,64-61+. The lowest BCUT2D eigenvalue weighted by molar-refractivity contribution is -0.870. The van der Waals surface area contributed by atoms with Crippen LogP contribution < -0.4 is 5.32 Å². The van der Waals surface area contributed by atoms with E-state index in [9.17, 15) is 19.0 Å². The summed E-state index contributed by atoms with van der Waals surface area (Å²) in [6.45, 7) is 7.09. The van der Waals surface area contributed by atoms with Crippen molar-refractivity contribution in [3.05, 3.63) is 24.3 Å². The Hall–Kier alpha value is -1.51. The molecule has 0 radical (unpaired) electrons. The zero-order valence-electron chi connectivity index (χ0n) is 56.5. The molecule has 0 rings (SSSR count). The number of esters is 1. The van der Waals surface area contributed by atoms with Crippen LogP contribution in [0.15, 0.2) is 24.3 Å². The number of nitrogens with zero attached hydrogens (tertiary/aromatic N) is 1. The third-order valence-electron chi connectivity index (χ3n) is 16.9. The minimum absolute atomic E-state index is 0.0446. The van der Waals surface area contributed by atoms with E-state index in [0.29, 0.717) is 23.9 Å². The van der Waals surface area contributed by atoms with Crippen LogP contribution in [0.4, 0.5) is 0 Å². The highest BCUT2D eigenvalue weighted by Crippen LogP contribution is 2.43. The molecule has 0 heterocycles. The predicted octanol–water partition coefficient (Wildman–Crippen LogP) is 23.2. The number of likely N-dealkylation sites (N-methyl/N-ethyl adjacent to an activating group) is 1. The fourth-order valence-corrected chi connectivity index (χ4v) is 12.0. The molecule has 83 heavy (non-hydrogen) atoms. The topological polar surface area (TPSA) is 111 Å². The van der Waals surface area contributed by atoms with Crippen molar-refractivity contribution >= 4 is 19.7 Å². The minimum atomic E-state index is -4.45. The number of quaternary nitrogens is 1. The third-order valence-corrected chi connectivity index (χ3v) is 17.9. The van der Waals surface area contributed by atoms with Crippen LogP contribution in [0, 0.1) is 0 Å². The summed E-state index contributed by atoms with van der Waals surface area (Å²) in [5.74, 6) is -0.480. The van der Waals surface area contributed by atoms with Gasteiger partial charge in [0.2, 0.25) is 5.91 Å². The van der Waals surface area contributed by atoms with Crippen LogP contribution in [0.2, 0.25) is 0 Å². The summed E-state index contributed by atoms with van der Waals surface area (Å²) in [6, 6.07) is -0.844. The number of unbranched alkanes of at least 4 members (excludes halogenated alkanes) is 50. The summed E-state index contributed by atoms with van der Waals surface area (Å²) in [6.07, 6.45) is 77.6. The number of rotatable bonds is 68. The second-order valence-electron chi connectivity index (χ2n) is 26.5. The molecule has 3 atom stereocenters. The number of carbonyl (C=O) groups is 2. The molecule has 0 aliphatic heterocycles. The molecule has 0 aromatic rings. The molecule has 0 saturated carbocycles. The largest absolute Gasteiger partial charge is 0.472 e. The molecule has 492 valence electrons. The highest BCUT2D eigenvalue weighted by Gasteiger charge is 2.30. The van der Waals surface area contributed by atoms with Gasteiger partial charge in [-0.3, -0.25) is 18.6 Å². The van der Waals surface area contributed by atoms with Crippen molar-refractivity contribution in [3.8, 4) is 0 Å². The van der Waals surface area contributed by atoms with Crippen molar-refractivity contribution in [2.24, 2.45) is 0 Å². The maximum absolute atomic E-state index is 13.6. The van der Waals surface area contributed by atoms with Crippen molar-refractivity contribution in [2.45, 2.75) is 392 Å². The first kappa shape index (κ1) is 81.5. The van der Waals surface area contributed by atoms with Gasteiger partial charge >= 0.3 is 13.8 Å². The van der Waals surface area contributed by atoms with Crippen LogP contribution in [-0.2, 0) is 27.9 Å². The van der Waals surface area contributed by atoms with Crippen LogP contribution in [0.3, 0.4) is 0 Å². The summed E-state index contributed by atoms with van der Waals surface area (Å²) in [7, 11) is 1.52. The number of phosphoric ester groups is 1. The lowest BCUT2D eigenvalue weighted by atomic mass is 10.0. The average Bonchev–Trinajstić information content (AvgIpc) is 3.46. The first-order valence-corrected chi connectivity index (χ1v) is 38.2. The van der Waals surface area contributed by atoms with E-state index < -0.39 is 20.0 Å². The molecule has 0 fully saturated rings. The summed E-state index contributed by atoms with van der Waals surface area (Å²) in [4.78, 5) is 37.9. The first-order valence-electron chi connectivity index (χ1n) is 36.7. The van der Waals surface area contributed by atoms with Gasteiger partial charge in [-0.25, -0.2) is 4.57 Å². The number of carbonyl (C=O) groups excluding carboxylic acids is 2. The van der Waals surface area contributed by atoms with E-state index in [0.717, 1.165) is 57.8 Å². The van der Waals surface area contributed by atoms with E-state index in [4.69, 9.17) is 13.8 Å². The van der Waals surface area contributed by atoms with E-state index >= 15 is 0 Å². The van der Waals surface area contributed by atoms with Gasteiger partial charge in [0.1, 0.15) is 19.3 Å². The molecule has 3 unspecified atom stereocenters. The molecular formula is C73H144N2O7P+. The van der Waals surface area contributed by atoms with Crippen LogP contribution in [0.1, 0.15) is 380 Å². The van der Waals surface area contributed by atoms with Crippen LogP contribution in [-0.4, -0.2) is 74.3 Å². The Kier molecular flexibility index (Phi) is 62.4. The van der Waals surface area contributed by atoms with Gasteiger partial charge < -0.3 is 19.4 Å². The molecule has 0 spiro atoms. The van der Waals surface area contributed by atoms with Gasteiger partial charge in [-0.05, 0) is 57.4 Å².